The van der Waals surface area contributed by atoms with E-state index in [0.717, 1.165) is 49.7 Å². The summed E-state index contributed by atoms with van der Waals surface area (Å²) in [6.07, 6.45) is 0. The van der Waals surface area contributed by atoms with Gasteiger partial charge >= 0.3 is 0 Å². The minimum atomic E-state index is -0.271. The monoisotopic (exact) mass is 596 g/mol. The number of aryl methyl sites for hydroxylation is 2. The number of hydrogen-bond acceptors (Lipinski definition) is 3. The summed E-state index contributed by atoms with van der Waals surface area (Å²) in [7, 11) is 0. The first-order valence-corrected chi connectivity index (χ1v) is 15.3. The predicted octanol–water partition coefficient (Wildman–Crippen LogP) is 10.4. The second-order valence-corrected chi connectivity index (χ2v) is 11.6. The summed E-state index contributed by atoms with van der Waals surface area (Å²) in [4.78, 5) is 15.0. The van der Waals surface area contributed by atoms with Crippen LogP contribution in [-0.2, 0) is 0 Å². The van der Waals surface area contributed by atoms with Crippen molar-refractivity contribution in [3.05, 3.63) is 156 Å². The van der Waals surface area contributed by atoms with Crippen molar-refractivity contribution in [2.24, 2.45) is 0 Å². The van der Waals surface area contributed by atoms with Gasteiger partial charge in [-0.05, 0) is 61.9 Å². The zero-order chi connectivity index (χ0) is 31.2. The molecule has 46 heavy (non-hydrogen) atoms. The van der Waals surface area contributed by atoms with E-state index in [1.165, 1.54) is 17.2 Å². The molecule has 6 aromatic carbocycles. The Morgan fingerprint density at radius 3 is 1.54 bits per heavy atom. The van der Waals surface area contributed by atoms with E-state index in [-0.39, 0.29) is 5.82 Å². The Kier molecular flexibility index (Phi) is 6.72. The maximum atomic E-state index is 15.2. The van der Waals surface area contributed by atoms with E-state index < -0.39 is 0 Å². The molecule has 0 aliphatic rings. The molecular weight excluding hydrogens is 567 g/mol. The average Bonchev–Trinajstić information content (AvgIpc) is 3.41. The van der Waals surface area contributed by atoms with Gasteiger partial charge in [0.15, 0.2) is 17.5 Å². The number of halogens is 1. The van der Waals surface area contributed by atoms with Crippen molar-refractivity contribution in [2.45, 2.75) is 13.8 Å². The lowest BCUT2D eigenvalue weighted by molar-refractivity contribution is 0.631. The smallest absolute Gasteiger partial charge is 0.166 e. The van der Waals surface area contributed by atoms with E-state index in [0.29, 0.717) is 23.0 Å². The molecule has 0 aliphatic heterocycles. The molecular formula is C41H29FN4. The van der Waals surface area contributed by atoms with Gasteiger partial charge in [0.25, 0.3) is 0 Å². The van der Waals surface area contributed by atoms with Crippen LogP contribution < -0.4 is 0 Å². The van der Waals surface area contributed by atoms with Gasteiger partial charge in [-0.2, -0.15) is 0 Å². The molecule has 220 valence electrons. The molecule has 0 spiro atoms. The average molecular weight is 597 g/mol. The van der Waals surface area contributed by atoms with Crippen LogP contribution in [0.5, 0.6) is 0 Å². The SMILES string of the molecule is Cc1ccc2c(c1)c1cc(C)ccc1n2-c1cc(-c2ccccc2F)ccc1-c1nc(-c2ccccc2)nc(-c2ccccc2)n1. The summed E-state index contributed by atoms with van der Waals surface area (Å²) >= 11 is 0. The number of benzene rings is 6. The molecule has 8 aromatic rings. The van der Waals surface area contributed by atoms with Gasteiger partial charge in [-0.25, -0.2) is 19.3 Å². The lowest BCUT2D eigenvalue weighted by atomic mass is 10.0. The van der Waals surface area contributed by atoms with Crippen molar-refractivity contribution in [1.29, 1.82) is 0 Å². The summed E-state index contributed by atoms with van der Waals surface area (Å²) < 4.78 is 17.5. The van der Waals surface area contributed by atoms with Gasteiger partial charge in [-0.1, -0.05) is 108 Å². The minimum Gasteiger partial charge on any atom is -0.308 e. The molecule has 2 aromatic heterocycles. The molecule has 5 heteroatoms. The Labute approximate surface area is 266 Å². The van der Waals surface area contributed by atoms with E-state index in [9.17, 15) is 0 Å². The second-order valence-electron chi connectivity index (χ2n) is 11.6. The zero-order valence-corrected chi connectivity index (χ0v) is 25.4. The maximum absolute atomic E-state index is 15.2. The van der Waals surface area contributed by atoms with E-state index in [2.05, 4.69) is 60.9 Å². The summed E-state index contributed by atoms with van der Waals surface area (Å²) in [5, 5.41) is 2.32. The van der Waals surface area contributed by atoms with Crippen molar-refractivity contribution in [3.63, 3.8) is 0 Å². The largest absolute Gasteiger partial charge is 0.308 e. The highest BCUT2D eigenvalue weighted by atomic mass is 19.1. The first-order chi connectivity index (χ1) is 22.5. The molecule has 0 fully saturated rings. The fourth-order valence-corrected chi connectivity index (χ4v) is 6.21. The first kappa shape index (κ1) is 27.6. The highest BCUT2D eigenvalue weighted by Crippen LogP contribution is 2.39. The molecule has 0 aliphatic carbocycles. The Hall–Kier alpha value is -5.94. The summed E-state index contributed by atoms with van der Waals surface area (Å²) in [6.45, 7) is 4.23. The van der Waals surface area contributed by atoms with Crippen molar-refractivity contribution in [3.8, 4) is 51.0 Å². The van der Waals surface area contributed by atoms with Crippen LogP contribution in [0.3, 0.4) is 0 Å². The Bertz CT molecular complexity index is 2280. The number of aromatic nitrogens is 4. The fraction of sp³-hybridized carbons (Fsp3) is 0.0488. The first-order valence-electron chi connectivity index (χ1n) is 15.3. The third-order valence-corrected chi connectivity index (χ3v) is 8.44. The van der Waals surface area contributed by atoms with Gasteiger partial charge in [-0.3, -0.25) is 0 Å². The molecule has 0 unspecified atom stereocenters. The molecule has 8 rings (SSSR count). The van der Waals surface area contributed by atoms with Gasteiger partial charge in [0.2, 0.25) is 0 Å². The Morgan fingerprint density at radius 2 is 0.978 bits per heavy atom. The van der Waals surface area contributed by atoms with Gasteiger partial charge < -0.3 is 4.57 Å². The topological polar surface area (TPSA) is 43.6 Å². The van der Waals surface area contributed by atoms with E-state index in [1.54, 1.807) is 6.07 Å². The van der Waals surface area contributed by atoms with Gasteiger partial charge in [0.1, 0.15) is 5.82 Å². The molecule has 0 saturated carbocycles. The lowest BCUT2D eigenvalue weighted by Gasteiger charge is -2.16. The van der Waals surface area contributed by atoms with E-state index >= 15 is 4.39 Å². The lowest BCUT2D eigenvalue weighted by Crippen LogP contribution is -2.04. The Balaban J connectivity index is 1.47. The van der Waals surface area contributed by atoms with Crippen molar-refractivity contribution in [2.75, 3.05) is 0 Å². The van der Waals surface area contributed by atoms with Crippen LogP contribution in [0.25, 0.3) is 72.8 Å². The standard InChI is InChI=1S/C41H29FN4/c1-26-17-21-36-33(23-26)34-24-27(2)18-22-37(34)46(36)38-25-30(31-15-9-10-16-35(31)42)19-20-32(38)41-44-39(28-11-5-3-6-12-28)43-40(45-41)29-13-7-4-8-14-29/h3-25H,1-2H3. The number of nitrogens with zero attached hydrogens (tertiary/aromatic N) is 4. The summed E-state index contributed by atoms with van der Waals surface area (Å²) in [6, 6.07) is 45.9. The molecule has 2 heterocycles. The molecule has 0 N–H and O–H groups in total. The Morgan fingerprint density at radius 1 is 0.457 bits per heavy atom. The normalized spacial score (nSPS) is 11.4. The van der Waals surface area contributed by atoms with Crippen LogP contribution >= 0.6 is 0 Å². The fourth-order valence-electron chi connectivity index (χ4n) is 6.21. The van der Waals surface area contributed by atoms with Crippen LogP contribution in [-0.4, -0.2) is 19.5 Å². The quantitative estimate of drug-likeness (QED) is 0.199. The zero-order valence-electron chi connectivity index (χ0n) is 25.4. The molecule has 0 saturated heterocycles. The minimum absolute atomic E-state index is 0.271. The van der Waals surface area contributed by atoms with Crippen molar-refractivity contribution >= 4 is 21.8 Å². The number of fused-ring (bicyclic) bond motifs is 3. The van der Waals surface area contributed by atoms with Crippen molar-refractivity contribution in [1.82, 2.24) is 19.5 Å². The van der Waals surface area contributed by atoms with E-state index in [4.69, 9.17) is 15.0 Å². The van der Waals surface area contributed by atoms with Gasteiger partial charge in [0, 0.05) is 33.0 Å². The van der Waals surface area contributed by atoms with Crippen LogP contribution in [0, 0.1) is 19.7 Å². The maximum Gasteiger partial charge on any atom is 0.166 e. The summed E-state index contributed by atoms with van der Waals surface area (Å²) in [5.74, 6) is 1.44. The molecule has 0 radical (unpaired) electrons. The second kappa shape index (κ2) is 11.2. The van der Waals surface area contributed by atoms with Gasteiger partial charge in [-0.15, -0.1) is 0 Å². The number of rotatable bonds is 5. The number of hydrogen-bond donors (Lipinski definition) is 0. The van der Waals surface area contributed by atoms with Crippen LogP contribution in [0.2, 0.25) is 0 Å². The van der Waals surface area contributed by atoms with Crippen molar-refractivity contribution < 1.29 is 4.39 Å². The third-order valence-electron chi connectivity index (χ3n) is 8.44. The molecule has 0 atom stereocenters. The van der Waals surface area contributed by atoms with E-state index in [1.807, 2.05) is 84.9 Å². The van der Waals surface area contributed by atoms with Crippen LogP contribution in [0.15, 0.2) is 140 Å². The highest BCUT2D eigenvalue weighted by molar-refractivity contribution is 6.10. The van der Waals surface area contributed by atoms with Crippen LogP contribution in [0.1, 0.15) is 11.1 Å². The molecule has 0 bridgehead atoms. The predicted molar refractivity (Wildman–Crippen MR) is 185 cm³/mol. The van der Waals surface area contributed by atoms with Crippen LogP contribution in [0.4, 0.5) is 4.39 Å². The third kappa shape index (κ3) is 4.83. The molecule has 0 amide bonds. The summed E-state index contributed by atoms with van der Waals surface area (Å²) in [5.41, 5.74) is 9.26. The highest BCUT2D eigenvalue weighted by Gasteiger charge is 2.21. The molecule has 4 nitrogen and oxygen atoms in total. The van der Waals surface area contributed by atoms with Gasteiger partial charge in [0.05, 0.1) is 16.7 Å².